The van der Waals surface area contributed by atoms with Crippen LogP contribution < -0.4 is 15.0 Å². The van der Waals surface area contributed by atoms with Gasteiger partial charge in [-0.3, -0.25) is 4.79 Å². The molecule has 2 aromatic heterocycles. The van der Waals surface area contributed by atoms with Gasteiger partial charge >= 0.3 is 6.01 Å². The summed E-state index contributed by atoms with van der Waals surface area (Å²) in [6, 6.07) is 5.61. The number of nitriles is 1. The number of pyridine rings is 1. The lowest BCUT2D eigenvalue weighted by Crippen LogP contribution is -2.45. The van der Waals surface area contributed by atoms with Crippen LogP contribution in [0.25, 0.3) is 0 Å². The highest BCUT2D eigenvalue weighted by atomic mass is 19.1. The van der Waals surface area contributed by atoms with Gasteiger partial charge in [0, 0.05) is 61.3 Å². The minimum atomic E-state index is -1.81. The maximum atomic E-state index is 13.9. The molecule has 30 heavy (non-hydrogen) atoms. The number of hydrogen-bond acceptors (Lipinski definition) is 7. The number of alkyl halides is 1. The van der Waals surface area contributed by atoms with Crippen molar-refractivity contribution in [1.82, 2.24) is 15.0 Å². The first-order valence-electron chi connectivity index (χ1n) is 9.97. The van der Waals surface area contributed by atoms with Crippen LogP contribution in [0.1, 0.15) is 43.9 Å². The van der Waals surface area contributed by atoms with Gasteiger partial charge < -0.3 is 15.0 Å². The number of aromatic nitrogens is 3. The summed E-state index contributed by atoms with van der Waals surface area (Å²) >= 11 is 0. The van der Waals surface area contributed by atoms with Crippen molar-refractivity contribution in [1.29, 1.82) is 5.26 Å². The van der Waals surface area contributed by atoms with Gasteiger partial charge in [0.2, 0.25) is 11.6 Å². The highest BCUT2D eigenvalue weighted by Gasteiger charge is 2.53. The number of ether oxygens (including phenoxy) is 1. The Labute approximate surface area is 173 Å². The molecule has 1 spiro atoms. The molecule has 0 bridgehead atoms. The molecule has 0 saturated heterocycles. The fraction of sp³-hybridized carbons (Fsp3) is 0.476. The van der Waals surface area contributed by atoms with E-state index in [1.165, 1.54) is 6.92 Å². The van der Waals surface area contributed by atoms with Gasteiger partial charge in [-0.1, -0.05) is 0 Å². The molecule has 1 N–H and O–H groups in total. The van der Waals surface area contributed by atoms with Crippen LogP contribution in [0.5, 0.6) is 6.01 Å². The van der Waals surface area contributed by atoms with Crippen molar-refractivity contribution in [2.45, 2.75) is 56.7 Å². The minimum absolute atomic E-state index is 0.0253. The molecule has 3 heterocycles. The topological polar surface area (TPSA) is 104 Å². The standard InChI is InChI=1S/C21H21FN6O2/c1-12-5-18(27-19(25-12)30-14-7-21(22,8-14)10-23)28-11-20(3-4-20)15-9-24-17(6-16(15)28)26-13(2)29/h5-6,9,14H,3-4,7-8,11H2,1-2H3,(H,24,26,29). The molecular formula is C21H21FN6O2. The number of rotatable bonds is 4. The first kappa shape index (κ1) is 18.7. The zero-order chi connectivity index (χ0) is 21.1. The van der Waals surface area contributed by atoms with Gasteiger partial charge in [0.05, 0.1) is 5.69 Å². The Morgan fingerprint density at radius 2 is 2.13 bits per heavy atom. The molecule has 8 nitrogen and oxygen atoms in total. The third-order valence-corrected chi connectivity index (χ3v) is 6.03. The van der Waals surface area contributed by atoms with Crippen LogP contribution >= 0.6 is 0 Å². The van der Waals surface area contributed by atoms with Gasteiger partial charge in [0.1, 0.15) is 23.8 Å². The van der Waals surface area contributed by atoms with E-state index in [0.29, 0.717) is 11.6 Å². The summed E-state index contributed by atoms with van der Waals surface area (Å²) in [7, 11) is 0. The average Bonchev–Trinajstić information content (AvgIpc) is 3.36. The second-order valence-corrected chi connectivity index (χ2v) is 8.51. The van der Waals surface area contributed by atoms with Crippen molar-refractivity contribution in [2.75, 3.05) is 16.8 Å². The number of anilines is 3. The molecule has 2 saturated carbocycles. The number of hydrogen-bond donors (Lipinski definition) is 1. The summed E-state index contributed by atoms with van der Waals surface area (Å²) in [5, 5.41) is 11.6. The van der Waals surface area contributed by atoms with Crippen molar-refractivity contribution in [3.05, 3.63) is 29.6 Å². The van der Waals surface area contributed by atoms with Gasteiger partial charge in [-0.05, 0) is 19.8 Å². The van der Waals surface area contributed by atoms with Crippen LogP contribution in [0.4, 0.5) is 21.7 Å². The van der Waals surface area contributed by atoms with E-state index in [2.05, 4.69) is 25.2 Å². The van der Waals surface area contributed by atoms with Crippen LogP contribution in [0.15, 0.2) is 18.3 Å². The molecule has 0 atom stereocenters. The predicted molar refractivity (Wildman–Crippen MR) is 106 cm³/mol. The smallest absolute Gasteiger partial charge is 0.318 e. The molecule has 2 aromatic rings. The summed E-state index contributed by atoms with van der Waals surface area (Å²) in [5.41, 5.74) is 1.12. The molecule has 2 aliphatic carbocycles. The monoisotopic (exact) mass is 408 g/mol. The van der Waals surface area contributed by atoms with Gasteiger partial charge in [-0.2, -0.15) is 10.2 Å². The number of carbonyl (C=O) groups excluding carboxylic acids is 1. The third kappa shape index (κ3) is 3.12. The highest BCUT2D eigenvalue weighted by Crippen LogP contribution is 2.58. The van der Waals surface area contributed by atoms with Crippen LogP contribution in [-0.2, 0) is 10.2 Å². The summed E-state index contributed by atoms with van der Waals surface area (Å²) in [6.07, 6.45) is 3.66. The third-order valence-electron chi connectivity index (χ3n) is 6.03. The Kier molecular flexibility index (Phi) is 3.97. The average molecular weight is 408 g/mol. The van der Waals surface area contributed by atoms with E-state index in [-0.39, 0.29) is 30.2 Å². The van der Waals surface area contributed by atoms with Gasteiger partial charge in [-0.15, -0.1) is 0 Å². The van der Waals surface area contributed by atoms with E-state index in [4.69, 9.17) is 10.00 Å². The number of halogens is 1. The minimum Gasteiger partial charge on any atom is -0.460 e. The first-order chi connectivity index (χ1) is 14.3. The first-order valence-corrected chi connectivity index (χ1v) is 9.97. The number of amides is 1. The van der Waals surface area contributed by atoms with E-state index >= 15 is 0 Å². The Morgan fingerprint density at radius 3 is 2.80 bits per heavy atom. The molecule has 5 rings (SSSR count). The Balaban J connectivity index is 1.45. The van der Waals surface area contributed by atoms with E-state index in [1.54, 1.807) is 6.07 Å². The lowest BCUT2D eigenvalue weighted by Gasteiger charge is -2.35. The number of nitrogens with zero attached hydrogens (tertiary/aromatic N) is 5. The van der Waals surface area contributed by atoms with Crippen LogP contribution in [0, 0.1) is 18.3 Å². The fourth-order valence-electron chi connectivity index (χ4n) is 4.28. The zero-order valence-corrected chi connectivity index (χ0v) is 16.8. The summed E-state index contributed by atoms with van der Waals surface area (Å²) in [6.45, 7) is 4.08. The lowest BCUT2D eigenvalue weighted by atomic mass is 9.80. The van der Waals surface area contributed by atoms with Crippen molar-refractivity contribution >= 4 is 23.2 Å². The van der Waals surface area contributed by atoms with Crippen LogP contribution in [0.3, 0.4) is 0 Å². The van der Waals surface area contributed by atoms with Gasteiger partial charge in [0.25, 0.3) is 0 Å². The van der Waals surface area contributed by atoms with E-state index in [9.17, 15) is 9.18 Å². The molecule has 1 amide bonds. The molecule has 9 heteroatoms. The molecule has 0 radical (unpaired) electrons. The number of carbonyl (C=O) groups is 1. The maximum absolute atomic E-state index is 13.9. The summed E-state index contributed by atoms with van der Waals surface area (Å²) in [5.74, 6) is 1.01. The van der Waals surface area contributed by atoms with Crippen LogP contribution in [-0.4, -0.2) is 39.2 Å². The van der Waals surface area contributed by atoms with E-state index in [1.807, 2.05) is 25.3 Å². The van der Waals surface area contributed by atoms with Gasteiger partial charge in [-0.25, -0.2) is 14.4 Å². The Bertz CT molecular complexity index is 1090. The SMILES string of the molecule is CC(=O)Nc1cc2c(cn1)C1(CC1)CN2c1cc(C)nc(OC2CC(F)(C#N)C2)n1. The van der Waals surface area contributed by atoms with Crippen molar-refractivity contribution < 1.29 is 13.9 Å². The molecule has 0 unspecified atom stereocenters. The molecular weight excluding hydrogens is 387 g/mol. The van der Waals surface area contributed by atoms with E-state index < -0.39 is 11.8 Å². The summed E-state index contributed by atoms with van der Waals surface area (Å²) < 4.78 is 19.6. The van der Waals surface area contributed by atoms with Crippen molar-refractivity contribution in [2.24, 2.45) is 0 Å². The summed E-state index contributed by atoms with van der Waals surface area (Å²) in [4.78, 5) is 26.8. The van der Waals surface area contributed by atoms with Crippen molar-refractivity contribution in [3.8, 4) is 12.1 Å². The predicted octanol–water partition coefficient (Wildman–Crippen LogP) is 3.09. The highest BCUT2D eigenvalue weighted by molar-refractivity contribution is 5.89. The molecule has 3 aliphatic rings. The zero-order valence-electron chi connectivity index (χ0n) is 16.8. The Morgan fingerprint density at radius 1 is 1.37 bits per heavy atom. The van der Waals surface area contributed by atoms with Crippen LogP contribution in [0.2, 0.25) is 0 Å². The lowest BCUT2D eigenvalue weighted by molar-refractivity contribution is -0.114. The molecule has 2 fully saturated rings. The quantitative estimate of drug-likeness (QED) is 0.829. The van der Waals surface area contributed by atoms with E-state index in [0.717, 1.165) is 36.3 Å². The fourth-order valence-corrected chi connectivity index (χ4v) is 4.28. The number of fused-ring (bicyclic) bond motifs is 2. The maximum Gasteiger partial charge on any atom is 0.318 e. The number of nitrogens with one attached hydrogen (secondary N) is 1. The molecule has 0 aromatic carbocycles. The largest absolute Gasteiger partial charge is 0.460 e. The second kappa shape index (κ2) is 6.36. The van der Waals surface area contributed by atoms with Gasteiger partial charge in [0.15, 0.2) is 0 Å². The molecule has 154 valence electrons. The Hall–Kier alpha value is -3.28. The second-order valence-electron chi connectivity index (χ2n) is 8.51. The normalized spacial score (nSPS) is 25.3. The van der Waals surface area contributed by atoms with Crippen molar-refractivity contribution in [3.63, 3.8) is 0 Å². The molecule has 1 aliphatic heterocycles. The number of aryl methyl sites for hydroxylation is 1.